The zero-order valence-electron chi connectivity index (χ0n) is 15.7. The Bertz CT molecular complexity index is 851. The Morgan fingerprint density at radius 1 is 1.07 bits per heavy atom. The quantitative estimate of drug-likeness (QED) is 0.877. The topological polar surface area (TPSA) is 76.1 Å². The van der Waals surface area contributed by atoms with Crippen molar-refractivity contribution < 1.29 is 24.2 Å². The maximum Gasteiger partial charge on any atom is 0.410 e. The van der Waals surface area contributed by atoms with Crippen molar-refractivity contribution in [3.8, 4) is 11.1 Å². The van der Waals surface area contributed by atoms with Crippen LogP contribution in [0.1, 0.15) is 29.9 Å². The highest BCUT2D eigenvalue weighted by molar-refractivity contribution is 5.82. The molecule has 1 saturated heterocycles. The Labute approximate surface area is 163 Å². The van der Waals surface area contributed by atoms with Gasteiger partial charge in [-0.3, -0.25) is 4.90 Å². The fraction of sp³-hybridized carbons (Fsp3) is 0.364. The molecule has 4 rings (SSSR count). The van der Waals surface area contributed by atoms with Crippen molar-refractivity contribution in [2.45, 2.75) is 30.9 Å². The van der Waals surface area contributed by atoms with Crippen LogP contribution in [0, 0.1) is 0 Å². The lowest BCUT2D eigenvalue weighted by Gasteiger charge is -2.37. The molecular weight excluding hydrogens is 358 g/mol. The zero-order chi connectivity index (χ0) is 19.7. The van der Waals surface area contributed by atoms with Gasteiger partial charge < -0.3 is 14.6 Å². The van der Waals surface area contributed by atoms with Crippen LogP contribution in [-0.2, 0) is 14.3 Å². The van der Waals surface area contributed by atoms with Crippen LogP contribution in [0.2, 0.25) is 0 Å². The molecule has 28 heavy (non-hydrogen) atoms. The molecule has 2 unspecified atom stereocenters. The summed E-state index contributed by atoms with van der Waals surface area (Å²) in [5.74, 6) is -1.12. The number of amides is 1. The van der Waals surface area contributed by atoms with Crippen LogP contribution < -0.4 is 0 Å². The summed E-state index contributed by atoms with van der Waals surface area (Å²) in [4.78, 5) is 25.7. The molecule has 6 nitrogen and oxygen atoms in total. The number of benzene rings is 2. The molecule has 0 aromatic heterocycles. The SMILES string of the molecule is COC1CCCN(C(=O)OCC2c3ccccc3-c3ccccc32)C1C(=O)O. The molecule has 1 amide bonds. The maximum absolute atomic E-state index is 12.7. The smallest absolute Gasteiger partial charge is 0.410 e. The highest BCUT2D eigenvalue weighted by atomic mass is 16.6. The second kappa shape index (κ2) is 7.64. The summed E-state index contributed by atoms with van der Waals surface area (Å²) in [5, 5.41) is 9.57. The number of fused-ring (bicyclic) bond motifs is 3. The molecule has 6 heteroatoms. The van der Waals surface area contributed by atoms with Crippen LogP contribution in [0.5, 0.6) is 0 Å². The summed E-state index contributed by atoms with van der Waals surface area (Å²) in [6, 6.07) is 15.2. The second-order valence-electron chi connectivity index (χ2n) is 7.20. The number of carbonyl (C=O) groups excluding carboxylic acids is 1. The minimum absolute atomic E-state index is 0.0531. The molecular formula is C22H23NO5. The van der Waals surface area contributed by atoms with E-state index in [-0.39, 0.29) is 12.5 Å². The van der Waals surface area contributed by atoms with Crippen molar-refractivity contribution in [1.82, 2.24) is 4.90 Å². The molecule has 2 atom stereocenters. The average molecular weight is 381 g/mol. The van der Waals surface area contributed by atoms with E-state index in [9.17, 15) is 14.7 Å². The maximum atomic E-state index is 12.7. The van der Waals surface area contributed by atoms with E-state index in [1.807, 2.05) is 24.3 Å². The number of likely N-dealkylation sites (tertiary alicyclic amines) is 1. The summed E-state index contributed by atoms with van der Waals surface area (Å²) in [5.41, 5.74) is 4.55. The third-order valence-corrected chi connectivity index (χ3v) is 5.70. The number of nitrogens with zero attached hydrogens (tertiary/aromatic N) is 1. The molecule has 1 N–H and O–H groups in total. The zero-order valence-corrected chi connectivity index (χ0v) is 15.7. The second-order valence-corrected chi connectivity index (χ2v) is 7.20. The first-order valence-electron chi connectivity index (χ1n) is 9.49. The number of piperidine rings is 1. The Morgan fingerprint density at radius 3 is 2.25 bits per heavy atom. The van der Waals surface area contributed by atoms with Crippen molar-refractivity contribution in [2.75, 3.05) is 20.3 Å². The number of carboxylic acids is 1. The number of carboxylic acid groups (broad SMARTS) is 1. The number of carbonyl (C=O) groups is 2. The van der Waals surface area contributed by atoms with Gasteiger partial charge in [0.15, 0.2) is 6.04 Å². The minimum Gasteiger partial charge on any atom is -0.480 e. The summed E-state index contributed by atoms with van der Waals surface area (Å²) in [7, 11) is 1.47. The van der Waals surface area contributed by atoms with Crippen LogP contribution in [0.25, 0.3) is 11.1 Å². The molecule has 2 aromatic rings. The molecule has 146 valence electrons. The third kappa shape index (κ3) is 3.14. The molecule has 1 heterocycles. The molecule has 0 radical (unpaired) electrons. The van der Waals surface area contributed by atoms with Gasteiger partial charge in [-0.25, -0.2) is 9.59 Å². The first kappa shape index (κ1) is 18.5. The van der Waals surface area contributed by atoms with Gasteiger partial charge in [-0.15, -0.1) is 0 Å². The van der Waals surface area contributed by atoms with Crippen molar-refractivity contribution in [2.24, 2.45) is 0 Å². The normalized spacial score (nSPS) is 21.1. The average Bonchev–Trinajstić information content (AvgIpc) is 3.05. The Hall–Kier alpha value is -2.86. The van der Waals surface area contributed by atoms with Crippen molar-refractivity contribution in [3.05, 3.63) is 59.7 Å². The summed E-state index contributed by atoms with van der Waals surface area (Å²) < 4.78 is 10.9. The molecule has 0 bridgehead atoms. The van der Waals surface area contributed by atoms with Gasteiger partial charge in [0.05, 0.1) is 6.10 Å². The van der Waals surface area contributed by atoms with E-state index in [4.69, 9.17) is 9.47 Å². The van der Waals surface area contributed by atoms with Crippen molar-refractivity contribution in [3.63, 3.8) is 0 Å². The predicted octanol–water partition coefficient (Wildman–Crippen LogP) is 3.50. The highest BCUT2D eigenvalue weighted by Crippen LogP contribution is 2.44. The fourth-order valence-electron chi connectivity index (χ4n) is 4.38. The van der Waals surface area contributed by atoms with E-state index in [0.717, 1.165) is 22.3 Å². The van der Waals surface area contributed by atoms with E-state index in [0.29, 0.717) is 19.4 Å². The molecule has 0 spiro atoms. The lowest BCUT2D eigenvalue weighted by atomic mass is 9.98. The van der Waals surface area contributed by atoms with E-state index >= 15 is 0 Å². The molecule has 1 fully saturated rings. The number of rotatable bonds is 4. The van der Waals surface area contributed by atoms with E-state index in [1.54, 1.807) is 0 Å². The van der Waals surface area contributed by atoms with E-state index in [1.165, 1.54) is 12.0 Å². The third-order valence-electron chi connectivity index (χ3n) is 5.70. The van der Waals surface area contributed by atoms with Crippen LogP contribution in [0.4, 0.5) is 4.79 Å². The van der Waals surface area contributed by atoms with Gasteiger partial charge in [0.1, 0.15) is 6.61 Å². The Morgan fingerprint density at radius 2 is 1.68 bits per heavy atom. The van der Waals surface area contributed by atoms with Crippen molar-refractivity contribution in [1.29, 1.82) is 0 Å². The van der Waals surface area contributed by atoms with Crippen LogP contribution >= 0.6 is 0 Å². The molecule has 2 aromatic carbocycles. The van der Waals surface area contributed by atoms with Gasteiger partial charge in [-0.05, 0) is 35.1 Å². The minimum atomic E-state index is -1.07. The Kier molecular flexibility index (Phi) is 5.05. The van der Waals surface area contributed by atoms with Crippen LogP contribution in [0.15, 0.2) is 48.5 Å². The van der Waals surface area contributed by atoms with Crippen LogP contribution in [0.3, 0.4) is 0 Å². The molecule has 2 aliphatic rings. The largest absolute Gasteiger partial charge is 0.480 e. The van der Waals surface area contributed by atoms with E-state index < -0.39 is 24.2 Å². The standard InChI is InChI=1S/C22H23NO5/c1-27-19-11-6-12-23(20(19)21(24)25)22(26)28-13-18-16-9-4-2-7-14(16)15-8-3-5-10-17(15)18/h2-5,7-10,18-20H,6,11-13H2,1H3,(H,24,25). The van der Waals surface area contributed by atoms with Gasteiger partial charge in [-0.2, -0.15) is 0 Å². The van der Waals surface area contributed by atoms with Gasteiger partial charge in [0.2, 0.25) is 0 Å². The van der Waals surface area contributed by atoms with Crippen molar-refractivity contribution >= 4 is 12.1 Å². The van der Waals surface area contributed by atoms with Gasteiger partial charge in [0.25, 0.3) is 0 Å². The predicted molar refractivity (Wildman–Crippen MR) is 103 cm³/mol. The fourth-order valence-corrected chi connectivity index (χ4v) is 4.38. The Balaban J connectivity index is 1.53. The number of methoxy groups -OCH3 is 1. The first-order chi connectivity index (χ1) is 13.6. The monoisotopic (exact) mass is 381 g/mol. The summed E-state index contributed by atoms with van der Waals surface area (Å²) in [6.07, 6.45) is 0.176. The van der Waals surface area contributed by atoms with Gasteiger partial charge >= 0.3 is 12.1 Å². The molecule has 1 aliphatic heterocycles. The first-order valence-corrected chi connectivity index (χ1v) is 9.49. The van der Waals surface area contributed by atoms with Gasteiger partial charge in [0, 0.05) is 19.6 Å². The number of hydrogen-bond acceptors (Lipinski definition) is 4. The number of aliphatic carboxylic acids is 1. The highest BCUT2D eigenvalue weighted by Gasteiger charge is 2.41. The number of hydrogen-bond donors (Lipinski definition) is 1. The van der Waals surface area contributed by atoms with Gasteiger partial charge in [-0.1, -0.05) is 48.5 Å². The molecule has 0 saturated carbocycles. The lowest BCUT2D eigenvalue weighted by molar-refractivity contribution is -0.150. The molecule has 1 aliphatic carbocycles. The van der Waals surface area contributed by atoms with E-state index in [2.05, 4.69) is 24.3 Å². The summed E-state index contributed by atoms with van der Waals surface area (Å²) in [6.45, 7) is 0.529. The van der Waals surface area contributed by atoms with Crippen LogP contribution in [-0.4, -0.2) is 54.5 Å². The lowest BCUT2D eigenvalue weighted by Crippen LogP contribution is -2.55. The summed E-state index contributed by atoms with van der Waals surface area (Å²) >= 11 is 0. The number of ether oxygens (including phenoxy) is 2.